The summed E-state index contributed by atoms with van der Waals surface area (Å²) >= 11 is 1.48. The molecule has 0 saturated carbocycles. The monoisotopic (exact) mass is 207 g/mol. The van der Waals surface area contributed by atoms with Gasteiger partial charge in [-0.1, -0.05) is 6.07 Å². The Morgan fingerprint density at radius 2 is 2.07 bits per heavy atom. The quantitative estimate of drug-likeness (QED) is 0.531. The third-order valence-electron chi connectivity index (χ3n) is 2.17. The number of hydrogen-bond donors (Lipinski definition) is 0. The molecule has 0 atom stereocenters. The van der Waals surface area contributed by atoms with Crippen LogP contribution in [0.4, 0.5) is 5.69 Å². The first-order chi connectivity index (χ1) is 6.59. The van der Waals surface area contributed by atoms with Gasteiger partial charge in [0.1, 0.15) is 0 Å². The van der Waals surface area contributed by atoms with E-state index in [2.05, 4.69) is 0 Å². The maximum atomic E-state index is 10.8. The molecule has 0 N–H and O–H groups in total. The molecule has 0 fully saturated rings. The Labute approximate surface area is 85.1 Å². The molecular weight excluding hydrogens is 198 g/mol. The summed E-state index contributed by atoms with van der Waals surface area (Å²) in [5.74, 6) is 0. The molecule has 72 valence electrons. The molecule has 14 heavy (non-hydrogen) atoms. The van der Waals surface area contributed by atoms with E-state index in [-0.39, 0.29) is 10.6 Å². The zero-order valence-electron chi connectivity index (χ0n) is 7.90. The van der Waals surface area contributed by atoms with Gasteiger partial charge in [0.25, 0.3) is 5.69 Å². The average Bonchev–Trinajstić information content (AvgIpc) is 2.39. The van der Waals surface area contributed by atoms with Crippen molar-refractivity contribution in [2.75, 3.05) is 0 Å². The molecule has 0 spiro atoms. The van der Waals surface area contributed by atoms with E-state index in [9.17, 15) is 10.1 Å². The molecule has 3 nitrogen and oxygen atoms in total. The summed E-state index contributed by atoms with van der Waals surface area (Å²) in [6.45, 7) is 3.78. The van der Waals surface area contributed by atoms with Crippen LogP contribution in [-0.4, -0.2) is 4.92 Å². The number of nitrogens with zero attached hydrogens (tertiary/aromatic N) is 1. The lowest BCUT2D eigenvalue weighted by atomic mass is 10.2. The smallest absolute Gasteiger partial charge is 0.258 e. The number of nitro groups is 1. The number of aryl methyl sites for hydroxylation is 2. The Morgan fingerprint density at radius 1 is 1.36 bits per heavy atom. The maximum Gasteiger partial charge on any atom is 0.290 e. The molecule has 1 aromatic heterocycles. The molecule has 2 rings (SSSR count). The number of thiophene rings is 1. The summed E-state index contributed by atoms with van der Waals surface area (Å²) in [5, 5.41) is 11.5. The fourth-order valence-electron chi connectivity index (χ4n) is 1.54. The first-order valence-electron chi connectivity index (χ1n) is 4.24. The highest BCUT2D eigenvalue weighted by Crippen LogP contribution is 2.36. The SMILES string of the molecule is Cc1ccc2c([N+](=O)[O-])c(C)sc2c1. The summed E-state index contributed by atoms with van der Waals surface area (Å²) in [6.07, 6.45) is 0. The zero-order valence-corrected chi connectivity index (χ0v) is 8.72. The predicted molar refractivity (Wildman–Crippen MR) is 58.0 cm³/mol. The van der Waals surface area contributed by atoms with Crippen LogP contribution in [0.5, 0.6) is 0 Å². The Kier molecular flexibility index (Phi) is 2.00. The molecule has 0 amide bonds. The van der Waals surface area contributed by atoms with Crippen molar-refractivity contribution < 1.29 is 4.92 Å². The first kappa shape index (κ1) is 9.15. The minimum absolute atomic E-state index is 0.255. The first-order valence-corrected chi connectivity index (χ1v) is 5.05. The second-order valence-corrected chi connectivity index (χ2v) is 4.52. The van der Waals surface area contributed by atoms with Crippen molar-refractivity contribution >= 4 is 27.1 Å². The average molecular weight is 207 g/mol. The maximum absolute atomic E-state index is 10.8. The fraction of sp³-hybridized carbons (Fsp3) is 0.200. The lowest BCUT2D eigenvalue weighted by Crippen LogP contribution is -1.87. The van der Waals surface area contributed by atoms with E-state index in [4.69, 9.17) is 0 Å². The lowest BCUT2D eigenvalue weighted by Gasteiger charge is -1.92. The third kappa shape index (κ3) is 1.28. The third-order valence-corrected chi connectivity index (χ3v) is 3.23. The Balaban J connectivity index is 2.84. The summed E-state index contributed by atoms with van der Waals surface area (Å²) in [4.78, 5) is 11.3. The van der Waals surface area contributed by atoms with Crippen molar-refractivity contribution in [3.63, 3.8) is 0 Å². The van der Waals surface area contributed by atoms with Gasteiger partial charge in [-0.05, 0) is 31.5 Å². The second-order valence-electron chi connectivity index (χ2n) is 3.26. The van der Waals surface area contributed by atoms with Crippen LogP contribution < -0.4 is 0 Å². The van der Waals surface area contributed by atoms with Gasteiger partial charge in [-0.3, -0.25) is 10.1 Å². The van der Waals surface area contributed by atoms with Crippen molar-refractivity contribution in [1.82, 2.24) is 0 Å². The van der Waals surface area contributed by atoms with Crippen LogP contribution in [0.2, 0.25) is 0 Å². The molecule has 1 heterocycles. The highest BCUT2D eigenvalue weighted by molar-refractivity contribution is 7.19. The van der Waals surface area contributed by atoms with Gasteiger partial charge in [0.15, 0.2) is 0 Å². The second kappa shape index (κ2) is 3.06. The van der Waals surface area contributed by atoms with E-state index in [1.54, 1.807) is 6.92 Å². The van der Waals surface area contributed by atoms with Gasteiger partial charge in [-0.25, -0.2) is 0 Å². The standard InChI is InChI=1S/C10H9NO2S/c1-6-3-4-8-9(5-6)14-7(2)10(8)11(12)13/h3-5H,1-2H3. The summed E-state index contributed by atoms with van der Waals surface area (Å²) in [5.41, 5.74) is 1.39. The van der Waals surface area contributed by atoms with Crippen LogP contribution in [-0.2, 0) is 0 Å². The van der Waals surface area contributed by atoms with Gasteiger partial charge in [-0.2, -0.15) is 0 Å². The normalized spacial score (nSPS) is 10.7. The van der Waals surface area contributed by atoms with Crippen LogP contribution in [0.1, 0.15) is 10.4 Å². The molecule has 0 aliphatic rings. The topological polar surface area (TPSA) is 43.1 Å². The van der Waals surface area contributed by atoms with Gasteiger partial charge in [0.2, 0.25) is 0 Å². The van der Waals surface area contributed by atoms with Gasteiger partial charge in [0, 0.05) is 4.70 Å². The summed E-state index contributed by atoms with van der Waals surface area (Å²) in [6, 6.07) is 5.72. The van der Waals surface area contributed by atoms with E-state index in [0.29, 0.717) is 0 Å². The van der Waals surface area contributed by atoms with Crippen LogP contribution in [0.3, 0.4) is 0 Å². The molecule has 0 saturated heterocycles. The molecule has 1 aromatic carbocycles. The Bertz CT molecular complexity index is 516. The molecule has 0 radical (unpaired) electrons. The molecule has 0 unspecified atom stereocenters. The lowest BCUT2D eigenvalue weighted by molar-refractivity contribution is -0.383. The van der Waals surface area contributed by atoms with Gasteiger partial charge < -0.3 is 0 Å². The van der Waals surface area contributed by atoms with Crippen LogP contribution in [0, 0.1) is 24.0 Å². The van der Waals surface area contributed by atoms with E-state index < -0.39 is 0 Å². The highest BCUT2D eigenvalue weighted by Gasteiger charge is 2.18. The number of benzene rings is 1. The molecule has 0 aliphatic carbocycles. The van der Waals surface area contributed by atoms with E-state index >= 15 is 0 Å². The van der Waals surface area contributed by atoms with Gasteiger partial charge in [0.05, 0.1) is 15.2 Å². The minimum atomic E-state index is -0.302. The van der Waals surface area contributed by atoms with Crippen molar-refractivity contribution in [2.24, 2.45) is 0 Å². The number of rotatable bonds is 1. The Morgan fingerprint density at radius 3 is 2.71 bits per heavy atom. The molecular formula is C10H9NO2S. The van der Waals surface area contributed by atoms with E-state index in [1.165, 1.54) is 11.3 Å². The van der Waals surface area contributed by atoms with E-state index in [1.807, 2.05) is 25.1 Å². The largest absolute Gasteiger partial charge is 0.290 e. The molecule has 0 aliphatic heterocycles. The van der Waals surface area contributed by atoms with Gasteiger partial charge >= 0.3 is 0 Å². The van der Waals surface area contributed by atoms with Gasteiger partial charge in [-0.15, -0.1) is 11.3 Å². The molecule has 0 bridgehead atoms. The minimum Gasteiger partial charge on any atom is -0.258 e. The predicted octanol–water partition coefficient (Wildman–Crippen LogP) is 3.43. The van der Waals surface area contributed by atoms with Crippen molar-refractivity contribution in [1.29, 1.82) is 0 Å². The Hall–Kier alpha value is -1.42. The number of fused-ring (bicyclic) bond motifs is 1. The zero-order chi connectivity index (χ0) is 10.3. The van der Waals surface area contributed by atoms with Crippen LogP contribution >= 0.6 is 11.3 Å². The molecule has 4 heteroatoms. The number of hydrogen-bond acceptors (Lipinski definition) is 3. The van der Waals surface area contributed by atoms with Crippen molar-refractivity contribution in [3.05, 3.63) is 38.8 Å². The van der Waals surface area contributed by atoms with E-state index in [0.717, 1.165) is 20.5 Å². The summed E-state index contributed by atoms with van der Waals surface area (Å²) < 4.78 is 0.995. The highest BCUT2D eigenvalue weighted by atomic mass is 32.1. The van der Waals surface area contributed by atoms with Crippen molar-refractivity contribution in [3.8, 4) is 0 Å². The molecule has 2 aromatic rings. The fourth-order valence-corrected chi connectivity index (χ4v) is 2.67. The van der Waals surface area contributed by atoms with Crippen LogP contribution in [0.15, 0.2) is 18.2 Å². The van der Waals surface area contributed by atoms with Crippen LogP contribution in [0.25, 0.3) is 10.1 Å². The summed E-state index contributed by atoms with van der Waals surface area (Å²) in [7, 11) is 0. The van der Waals surface area contributed by atoms with Crippen molar-refractivity contribution in [2.45, 2.75) is 13.8 Å².